The Kier molecular flexibility index (Phi) is 6.37. The Morgan fingerprint density at radius 1 is 1.18 bits per heavy atom. The van der Waals surface area contributed by atoms with E-state index in [9.17, 15) is 14.4 Å². The molecule has 1 aliphatic carbocycles. The number of nitrogens with zero attached hydrogens (tertiary/aromatic N) is 1. The molecule has 1 aliphatic heterocycles. The number of amides is 2. The van der Waals surface area contributed by atoms with Gasteiger partial charge < -0.3 is 15.0 Å². The van der Waals surface area contributed by atoms with Gasteiger partial charge in [0.05, 0.1) is 5.92 Å². The lowest BCUT2D eigenvalue weighted by Gasteiger charge is -2.39. The van der Waals surface area contributed by atoms with Crippen LogP contribution in [0.3, 0.4) is 0 Å². The monoisotopic (exact) mass is 386 g/mol. The molecular weight excluding hydrogens is 356 g/mol. The van der Waals surface area contributed by atoms with E-state index >= 15 is 0 Å². The lowest BCUT2D eigenvalue weighted by molar-refractivity contribution is -0.151. The maximum absolute atomic E-state index is 12.5. The molecule has 0 aromatic heterocycles. The zero-order valence-electron chi connectivity index (χ0n) is 16.9. The predicted molar refractivity (Wildman–Crippen MR) is 107 cm³/mol. The first kappa shape index (κ1) is 20.4. The van der Waals surface area contributed by atoms with Crippen LogP contribution >= 0.6 is 0 Å². The second kappa shape index (κ2) is 8.76. The number of carbonyl (C=O) groups excluding carboxylic acids is 3. The van der Waals surface area contributed by atoms with E-state index in [1.165, 1.54) is 6.42 Å². The molecule has 0 bridgehead atoms. The standard InChI is InChI=1S/C22H30N2O4/c1-14-7-9-18(10-8-14)23-20(25)13-28-22(27)17-11-21(26)24(12-17)19-6-4-5-15(2)16(19)3/h7-10,15-17,19H,4-6,11-13H2,1-3H3,(H,23,25)/t15-,16-,17+,19-/m0/s1. The third kappa shape index (κ3) is 4.72. The molecule has 0 radical (unpaired) electrons. The van der Waals surface area contributed by atoms with Gasteiger partial charge in [-0.05, 0) is 37.3 Å². The van der Waals surface area contributed by atoms with Gasteiger partial charge in [-0.2, -0.15) is 0 Å². The molecule has 2 aliphatic rings. The van der Waals surface area contributed by atoms with Gasteiger partial charge in [0.15, 0.2) is 6.61 Å². The largest absolute Gasteiger partial charge is 0.455 e. The summed E-state index contributed by atoms with van der Waals surface area (Å²) < 4.78 is 5.19. The smallest absolute Gasteiger partial charge is 0.311 e. The van der Waals surface area contributed by atoms with Crippen molar-refractivity contribution in [3.63, 3.8) is 0 Å². The minimum absolute atomic E-state index is 0.0250. The number of hydrogen-bond donors (Lipinski definition) is 1. The highest BCUT2D eigenvalue weighted by Crippen LogP contribution is 2.35. The molecule has 1 saturated heterocycles. The molecule has 1 aromatic rings. The highest BCUT2D eigenvalue weighted by Gasteiger charge is 2.42. The summed E-state index contributed by atoms with van der Waals surface area (Å²) in [5.74, 6) is -0.281. The third-order valence-electron chi connectivity index (χ3n) is 6.24. The first-order chi connectivity index (χ1) is 13.3. The summed E-state index contributed by atoms with van der Waals surface area (Å²) in [4.78, 5) is 38.8. The maximum atomic E-state index is 12.5. The molecule has 1 N–H and O–H groups in total. The molecule has 6 nitrogen and oxygen atoms in total. The molecule has 28 heavy (non-hydrogen) atoms. The van der Waals surface area contributed by atoms with Crippen LogP contribution in [0.25, 0.3) is 0 Å². The number of rotatable bonds is 5. The first-order valence-electron chi connectivity index (χ1n) is 10.2. The van der Waals surface area contributed by atoms with Crippen molar-refractivity contribution in [1.29, 1.82) is 0 Å². The number of ether oxygens (including phenoxy) is 1. The lowest BCUT2D eigenvalue weighted by atomic mass is 9.77. The van der Waals surface area contributed by atoms with E-state index in [1.807, 2.05) is 24.0 Å². The van der Waals surface area contributed by atoms with Crippen molar-refractivity contribution in [2.45, 2.75) is 52.5 Å². The summed E-state index contributed by atoms with van der Waals surface area (Å²) in [5, 5.41) is 2.70. The van der Waals surface area contributed by atoms with Gasteiger partial charge in [0.25, 0.3) is 5.91 Å². The van der Waals surface area contributed by atoms with Crippen LogP contribution in [0, 0.1) is 24.7 Å². The van der Waals surface area contributed by atoms with E-state index in [-0.39, 0.29) is 30.9 Å². The molecule has 4 atom stereocenters. The van der Waals surface area contributed by atoms with Gasteiger partial charge in [0, 0.05) is 24.7 Å². The highest BCUT2D eigenvalue weighted by atomic mass is 16.5. The molecule has 1 heterocycles. The average molecular weight is 386 g/mol. The van der Waals surface area contributed by atoms with Crippen molar-refractivity contribution in [3.8, 4) is 0 Å². The van der Waals surface area contributed by atoms with Crippen LogP contribution in [-0.2, 0) is 19.1 Å². The average Bonchev–Trinajstić information content (AvgIpc) is 3.05. The molecule has 2 amide bonds. The summed E-state index contributed by atoms with van der Waals surface area (Å²) in [5.41, 5.74) is 1.76. The van der Waals surface area contributed by atoms with Gasteiger partial charge in [0.2, 0.25) is 5.91 Å². The van der Waals surface area contributed by atoms with Gasteiger partial charge in [-0.15, -0.1) is 0 Å². The summed E-state index contributed by atoms with van der Waals surface area (Å²) in [6.07, 6.45) is 3.49. The SMILES string of the molecule is Cc1ccc(NC(=O)COC(=O)[C@@H]2CC(=O)N([C@H]3CCC[C@H](C)[C@@H]3C)C2)cc1. The van der Waals surface area contributed by atoms with Gasteiger partial charge in [0.1, 0.15) is 0 Å². The molecule has 0 unspecified atom stereocenters. The van der Waals surface area contributed by atoms with Crippen molar-refractivity contribution >= 4 is 23.5 Å². The fraction of sp³-hybridized carbons (Fsp3) is 0.591. The van der Waals surface area contributed by atoms with Crippen molar-refractivity contribution in [1.82, 2.24) is 4.90 Å². The Hall–Kier alpha value is -2.37. The topological polar surface area (TPSA) is 75.7 Å². The summed E-state index contributed by atoms with van der Waals surface area (Å²) >= 11 is 0. The van der Waals surface area contributed by atoms with Crippen molar-refractivity contribution < 1.29 is 19.1 Å². The Labute approximate surface area is 166 Å². The fourth-order valence-corrected chi connectivity index (χ4v) is 4.29. The Balaban J connectivity index is 1.49. The number of anilines is 1. The molecule has 1 aromatic carbocycles. The van der Waals surface area contributed by atoms with Crippen molar-refractivity contribution in [2.24, 2.45) is 17.8 Å². The summed E-state index contributed by atoms with van der Waals surface area (Å²) in [7, 11) is 0. The van der Waals surface area contributed by atoms with Crippen molar-refractivity contribution in [2.75, 3.05) is 18.5 Å². The van der Waals surface area contributed by atoms with Crippen LogP contribution < -0.4 is 5.32 Å². The number of benzene rings is 1. The number of carbonyl (C=O) groups is 3. The normalized spacial score (nSPS) is 27.5. The minimum Gasteiger partial charge on any atom is -0.455 e. The van der Waals surface area contributed by atoms with Crippen LogP contribution in [0.2, 0.25) is 0 Å². The quantitative estimate of drug-likeness (QED) is 0.789. The number of esters is 1. The van der Waals surface area contributed by atoms with Crippen LogP contribution in [0.1, 0.15) is 45.1 Å². The third-order valence-corrected chi connectivity index (χ3v) is 6.24. The number of hydrogen-bond acceptors (Lipinski definition) is 4. The Bertz CT molecular complexity index is 731. The van der Waals surface area contributed by atoms with E-state index in [0.717, 1.165) is 18.4 Å². The lowest BCUT2D eigenvalue weighted by Crippen LogP contribution is -2.45. The molecule has 0 spiro atoms. The number of likely N-dealkylation sites (tertiary alicyclic amines) is 1. The molecule has 2 fully saturated rings. The Morgan fingerprint density at radius 2 is 1.89 bits per heavy atom. The number of aryl methyl sites for hydroxylation is 1. The maximum Gasteiger partial charge on any atom is 0.311 e. The molecule has 3 rings (SSSR count). The minimum atomic E-state index is -0.482. The molecule has 6 heteroatoms. The van der Waals surface area contributed by atoms with Crippen LogP contribution in [-0.4, -0.2) is 41.9 Å². The van der Waals surface area contributed by atoms with Gasteiger partial charge in [-0.3, -0.25) is 14.4 Å². The van der Waals surface area contributed by atoms with E-state index in [4.69, 9.17) is 4.74 Å². The van der Waals surface area contributed by atoms with E-state index in [1.54, 1.807) is 12.1 Å². The zero-order chi connectivity index (χ0) is 20.3. The van der Waals surface area contributed by atoms with Gasteiger partial charge >= 0.3 is 5.97 Å². The fourth-order valence-electron chi connectivity index (χ4n) is 4.29. The second-order valence-electron chi connectivity index (χ2n) is 8.30. The number of nitrogens with one attached hydrogen (secondary N) is 1. The van der Waals surface area contributed by atoms with Gasteiger partial charge in [-0.1, -0.05) is 44.4 Å². The van der Waals surface area contributed by atoms with Gasteiger partial charge in [-0.25, -0.2) is 0 Å². The van der Waals surface area contributed by atoms with E-state index in [0.29, 0.717) is 24.1 Å². The van der Waals surface area contributed by atoms with Crippen molar-refractivity contribution in [3.05, 3.63) is 29.8 Å². The zero-order valence-corrected chi connectivity index (χ0v) is 16.9. The molecule has 152 valence electrons. The first-order valence-corrected chi connectivity index (χ1v) is 10.2. The summed E-state index contributed by atoms with van der Waals surface area (Å²) in [6.45, 7) is 6.46. The second-order valence-corrected chi connectivity index (χ2v) is 8.30. The van der Waals surface area contributed by atoms with Crippen LogP contribution in [0.15, 0.2) is 24.3 Å². The van der Waals surface area contributed by atoms with E-state index in [2.05, 4.69) is 19.2 Å². The predicted octanol–water partition coefficient (Wildman–Crippen LogP) is 3.15. The van der Waals surface area contributed by atoms with Crippen LogP contribution in [0.5, 0.6) is 0 Å². The van der Waals surface area contributed by atoms with E-state index < -0.39 is 11.9 Å². The van der Waals surface area contributed by atoms with Crippen LogP contribution in [0.4, 0.5) is 5.69 Å². The Morgan fingerprint density at radius 3 is 2.61 bits per heavy atom. The summed E-state index contributed by atoms with van der Waals surface area (Å²) in [6, 6.07) is 7.60. The highest BCUT2D eigenvalue weighted by molar-refractivity contribution is 5.93. The molecule has 1 saturated carbocycles. The molecular formula is C22H30N2O4.